The van der Waals surface area contributed by atoms with E-state index >= 15 is 0 Å². The third-order valence-corrected chi connectivity index (χ3v) is 3.71. The van der Waals surface area contributed by atoms with Crippen molar-refractivity contribution >= 4 is 5.78 Å². The lowest BCUT2D eigenvalue weighted by Gasteiger charge is -2.32. The van der Waals surface area contributed by atoms with Crippen molar-refractivity contribution in [1.82, 2.24) is 4.90 Å². The summed E-state index contributed by atoms with van der Waals surface area (Å²) in [5.74, 6) is 1.02. The third kappa shape index (κ3) is 3.80. The van der Waals surface area contributed by atoms with Crippen molar-refractivity contribution in [2.75, 3.05) is 13.1 Å². The summed E-state index contributed by atoms with van der Waals surface area (Å²) in [5.41, 5.74) is 0.764. The monoisotopic (exact) mass is 261 g/mol. The highest BCUT2D eigenvalue weighted by molar-refractivity contribution is 5.95. The molecule has 0 radical (unpaired) electrons. The summed E-state index contributed by atoms with van der Waals surface area (Å²) in [5, 5.41) is 0. The van der Waals surface area contributed by atoms with Gasteiger partial charge in [0.15, 0.2) is 5.78 Å². The van der Waals surface area contributed by atoms with E-state index in [0.717, 1.165) is 24.4 Å². The van der Waals surface area contributed by atoms with E-state index in [2.05, 4.69) is 11.8 Å². The van der Waals surface area contributed by atoms with Crippen LogP contribution in [0.5, 0.6) is 5.75 Å². The second kappa shape index (κ2) is 6.71. The number of hydrogen-bond acceptors (Lipinski definition) is 3. The number of hydrogen-bond donors (Lipinski definition) is 0. The molecule has 104 valence electrons. The van der Waals surface area contributed by atoms with Crippen LogP contribution in [-0.2, 0) is 0 Å². The molecule has 1 fully saturated rings. The van der Waals surface area contributed by atoms with Gasteiger partial charge >= 0.3 is 0 Å². The number of carbonyl (C=O) groups excluding carboxylic acids is 1. The first-order chi connectivity index (χ1) is 9.20. The van der Waals surface area contributed by atoms with Gasteiger partial charge in [-0.25, -0.2) is 0 Å². The Balaban J connectivity index is 1.93. The Bertz CT molecular complexity index is 407. The van der Waals surface area contributed by atoms with Gasteiger partial charge in [-0.3, -0.25) is 9.69 Å². The Morgan fingerprint density at radius 1 is 1.21 bits per heavy atom. The van der Waals surface area contributed by atoms with Crippen LogP contribution in [0, 0.1) is 0 Å². The molecule has 0 saturated carbocycles. The molecule has 1 aromatic rings. The first kappa shape index (κ1) is 14.1. The number of piperidine rings is 1. The largest absolute Gasteiger partial charge is 0.475 e. The van der Waals surface area contributed by atoms with Gasteiger partial charge in [0.25, 0.3) is 0 Å². The number of carbonyl (C=O) groups is 1. The van der Waals surface area contributed by atoms with Crippen molar-refractivity contribution in [3.05, 3.63) is 29.8 Å². The number of nitrogens with zero attached hydrogens (tertiary/aromatic N) is 1. The Labute approximate surface area is 115 Å². The predicted molar refractivity (Wildman–Crippen MR) is 76.6 cm³/mol. The number of benzene rings is 1. The van der Waals surface area contributed by atoms with Crippen LogP contribution in [0.1, 0.15) is 49.9 Å². The maximum absolute atomic E-state index is 11.5. The Morgan fingerprint density at radius 2 is 1.84 bits per heavy atom. The molecule has 19 heavy (non-hydrogen) atoms. The minimum absolute atomic E-state index is 0.105. The molecule has 2 rings (SSSR count). The molecule has 0 amide bonds. The number of Topliss-reactive ketones (excluding diaryl/α,β-unsaturated/α-hetero) is 1. The lowest BCUT2D eigenvalue weighted by molar-refractivity contribution is 0.0262. The van der Waals surface area contributed by atoms with Crippen LogP contribution in [0.4, 0.5) is 0 Å². The van der Waals surface area contributed by atoms with Crippen LogP contribution in [0.3, 0.4) is 0 Å². The van der Waals surface area contributed by atoms with Crippen LogP contribution in [0.25, 0.3) is 0 Å². The van der Waals surface area contributed by atoms with E-state index in [1.807, 2.05) is 31.2 Å². The van der Waals surface area contributed by atoms with Crippen molar-refractivity contribution in [1.29, 1.82) is 0 Å². The molecule has 1 aliphatic rings. The normalized spacial score (nSPS) is 18.0. The first-order valence-electron chi connectivity index (χ1n) is 7.24. The molecule has 0 spiro atoms. The molecule has 3 nitrogen and oxygen atoms in total. The van der Waals surface area contributed by atoms with E-state index in [9.17, 15) is 4.79 Å². The lowest BCUT2D eigenvalue weighted by atomic mass is 10.1. The summed E-state index contributed by atoms with van der Waals surface area (Å²) in [6.45, 7) is 6.21. The van der Waals surface area contributed by atoms with Crippen LogP contribution in [0.15, 0.2) is 24.3 Å². The fourth-order valence-corrected chi connectivity index (χ4v) is 2.48. The molecule has 1 heterocycles. The molecule has 0 bridgehead atoms. The molecule has 1 unspecified atom stereocenters. The fourth-order valence-electron chi connectivity index (χ4n) is 2.48. The van der Waals surface area contributed by atoms with Gasteiger partial charge in [-0.2, -0.15) is 0 Å². The lowest BCUT2D eigenvalue weighted by Crippen LogP contribution is -2.40. The maximum atomic E-state index is 11.5. The zero-order valence-corrected chi connectivity index (χ0v) is 11.9. The molecule has 1 saturated heterocycles. The van der Waals surface area contributed by atoms with E-state index in [0.29, 0.717) is 6.42 Å². The molecule has 0 N–H and O–H groups in total. The summed E-state index contributed by atoms with van der Waals surface area (Å²) < 4.78 is 5.94. The smallest absolute Gasteiger partial charge is 0.162 e. The molecule has 1 aliphatic heterocycles. The summed E-state index contributed by atoms with van der Waals surface area (Å²) >= 11 is 0. The van der Waals surface area contributed by atoms with E-state index in [1.165, 1.54) is 19.3 Å². The Kier molecular flexibility index (Phi) is 4.97. The first-order valence-corrected chi connectivity index (χ1v) is 7.24. The van der Waals surface area contributed by atoms with Gasteiger partial charge in [0.05, 0.1) is 0 Å². The Morgan fingerprint density at radius 3 is 2.42 bits per heavy atom. The Hall–Kier alpha value is -1.35. The van der Waals surface area contributed by atoms with Crippen LogP contribution in [-0.4, -0.2) is 30.0 Å². The highest BCUT2D eigenvalue weighted by Gasteiger charge is 2.17. The van der Waals surface area contributed by atoms with Gasteiger partial charge in [0.1, 0.15) is 12.0 Å². The second-order valence-corrected chi connectivity index (χ2v) is 5.11. The maximum Gasteiger partial charge on any atom is 0.162 e. The molecule has 1 aromatic carbocycles. The van der Waals surface area contributed by atoms with E-state index in [4.69, 9.17) is 4.74 Å². The average molecular weight is 261 g/mol. The van der Waals surface area contributed by atoms with Gasteiger partial charge in [0.2, 0.25) is 0 Å². The average Bonchev–Trinajstić information content (AvgIpc) is 2.48. The zero-order valence-electron chi connectivity index (χ0n) is 11.9. The van der Waals surface area contributed by atoms with Crippen molar-refractivity contribution in [3.8, 4) is 5.75 Å². The topological polar surface area (TPSA) is 29.5 Å². The molecule has 0 aliphatic carbocycles. The molecule has 3 heteroatoms. The van der Waals surface area contributed by atoms with Crippen molar-refractivity contribution < 1.29 is 9.53 Å². The van der Waals surface area contributed by atoms with E-state index in [-0.39, 0.29) is 12.0 Å². The fraction of sp³-hybridized carbons (Fsp3) is 0.562. The standard InChI is InChI=1S/C16H23NO2/c1-3-16(18)14-7-9-15(10-8-14)19-13(2)17-11-5-4-6-12-17/h7-10,13H,3-6,11-12H2,1-2H3. The quantitative estimate of drug-likeness (QED) is 0.760. The van der Waals surface area contributed by atoms with Crippen molar-refractivity contribution in [2.24, 2.45) is 0 Å². The summed E-state index contributed by atoms with van der Waals surface area (Å²) in [6.07, 6.45) is 4.50. The van der Waals surface area contributed by atoms with Crippen molar-refractivity contribution in [2.45, 2.75) is 45.8 Å². The van der Waals surface area contributed by atoms with Gasteiger partial charge in [0, 0.05) is 25.1 Å². The highest BCUT2D eigenvalue weighted by Crippen LogP contribution is 2.18. The number of likely N-dealkylation sites (tertiary alicyclic amines) is 1. The molecular formula is C16H23NO2. The SMILES string of the molecule is CCC(=O)c1ccc(OC(C)N2CCCCC2)cc1. The summed E-state index contributed by atoms with van der Waals surface area (Å²) in [4.78, 5) is 13.9. The highest BCUT2D eigenvalue weighted by atomic mass is 16.5. The van der Waals surface area contributed by atoms with Gasteiger partial charge in [-0.1, -0.05) is 13.3 Å². The van der Waals surface area contributed by atoms with Gasteiger partial charge in [-0.05, 0) is 44.0 Å². The van der Waals surface area contributed by atoms with Crippen LogP contribution < -0.4 is 4.74 Å². The summed E-state index contributed by atoms with van der Waals surface area (Å²) in [7, 11) is 0. The van der Waals surface area contributed by atoms with Crippen LogP contribution >= 0.6 is 0 Å². The van der Waals surface area contributed by atoms with Gasteiger partial charge in [-0.15, -0.1) is 0 Å². The molecular weight excluding hydrogens is 238 g/mol. The molecule has 1 atom stereocenters. The number of rotatable bonds is 5. The summed E-state index contributed by atoms with van der Waals surface area (Å²) in [6, 6.07) is 7.49. The number of ether oxygens (including phenoxy) is 1. The molecule has 0 aromatic heterocycles. The predicted octanol–water partition coefficient (Wildman–Crippen LogP) is 3.49. The third-order valence-electron chi connectivity index (χ3n) is 3.71. The van der Waals surface area contributed by atoms with E-state index < -0.39 is 0 Å². The zero-order chi connectivity index (χ0) is 13.7. The minimum atomic E-state index is 0.105. The minimum Gasteiger partial charge on any atom is -0.475 e. The van der Waals surface area contributed by atoms with Gasteiger partial charge < -0.3 is 4.74 Å². The van der Waals surface area contributed by atoms with Crippen LogP contribution in [0.2, 0.25) is 0 Å². The second-order valence-electron chi connectivity index (χ2n) is 5.11. The van der Waals surface area contributed by atoms with Crippen molar-refractivity contribution in [3.63, 3.8) is 0 Å². The number of ketones is 1. The van der Waals surface area contributed by atoms with E-state index in [1.54, 1.807) is 0 Å².